The standard InChI is InChI=1S/C11H9BrN2O3S/c1-5-6(4-9(15)16)11(17)14-10(13-5)7-2-3-8(12)18-7/h2-3H,4H2,1H3,(H,15,16)(H,13,14,17). The molecule has 0 atom stereocenters. The van der Waals surface area contributed by atoms with Crippen LogP contribution in [0.1, 0.15) is 11.3 Å². The molecule has 2 heterocycles. The number of hydrogen-bond donors (Lipinski definition) is 2. The molecule has 0 amide bonds. The van der Waals surface area contributed by atoms with E-state index in [-0.39, 0.29) is 12.0 Å². The number of aryl methyl sites for hydroxylation is 1. The highest BCUT2D eigenvalue weighted by atomic mass is 79.9. The lowest BCUT2D eigenvalue weighted by molar-refractivity contribution is -0.136. The van der Waals surface area contributed by atoms with Gasteiger partial charge in [-0.05, 0) is 35.0 Å². The molecule has 2 N–H and O–H groups in total. The van der Waals surface area contributed by atoms with Crippen molar-refractivity contribution in [1.82, 2.24) is 9.97 Å². The van der Waals surface area contributed by atoms with Crippen molar-refractivity contribution >= 4 is 33.2 Å². The van der Waals surface area contributed by atoms with Crippen molar-refractivity contribution < 1.29 is 9.90 Å². The topological polar surface area (TPSA) is 83.0 Å². The predicted octanol–water partition coefficient (Wildman–Crippen LogP) is 2.20. The number of aromatic nitrogens is 2. The predicted molar refractivity (Wildman–Crippen MR) is 71.9 cm³/mol. The Hall–Kier alpha value is -1.47. The van der Waals surface area contributed by atoms with E-state index in [9.17, 15) is 9.59 Å². The lowest BCUT2D eigenvalue weighted by Gasteiger charge is -2.03. The molecule has 0 unspecified atom stereocenters. The van der Waals surface area contributed by atoms with Crippen molar-refractivity contribution in [2.75, 3.05) is 0 Å². The summed E-state index contributed by atoms with van der Waals surface area (Å²) in [7, 11) is 0. The molecule has 0 aliphatic carbocycles. The number of hydrogen-bond acceptors (Lipinski definition) is 4. The quantitative estimate of drug-likeness (QED) is 0.904. The Morgan fingerprint density at radius 1 is 1.56 bits per heavy atom. The molecule has 94 valence electrons. The van der Waals surface area contributed by atoms with Gasteiger partial charge in [-0.1, -0.05) is 0 Å². The molecule has 0 aliphatic rings. The molecule has 0 radical (unpaired) electrons. The van der Waals surface area contributed by atoms with Crippen LogP contribution in [0.4, 0.5) is 0 Å². The van der Waals surface area contributed by atoms with Crippen molar-refractivity contribution in [1.29, 1.82) is 0 Å². The molecule has 0 saturated carbocycles. The first-order chi connectivity index (χ1) is 8.47. The lowest BCUT2D eigenvalue weighted by Crippen LogP contribution is -2.20. The zero-order valence-corrected chi connectivity index (χ0v) is 11.8. The molecular weight excluding hydrogens is 320 g/mol. The molecule has 2 rings (SSSR count). The first-order valence-corrected chi connectivity index (χ1v) is 6.65. The molecule has 7 heteroatoms. The molecule has 2 aromatic heterocycles. The number of thiophene rings is 1. The first kappa shape index (κ1) is 13.0. The Morgan fingerprint density at radius 2 is 2.28 bits per heavy atom. The highest BCUT2D eigenvalue weighted by Crippen LogP contribution is 2.28. The Morgan fingerprint density at radius 3 is 2.78 bits per heavy atom. The summed E-state index contributed by atoms with van der Waals surface area (Å²) in [5.41, 5.74) is 0.243. The number of rotatable bonds is 3. The molecule has 2 aromatic rings. The van der Waals surface area contributed by atoms with Crippen LogP contribution in [0.15, 0.2) is 20.7 Å². The second-order valence-corrected chi connectivity index (χ2v) is 6.12. The number of halogens is 1. The van der Waals surface area contributed by atoms with Gasteiger partial charge < -0.3 is 10.1 Å². The zero-order valence-electron chi connectivity index (χ0n) is 9.36. The summed E-state index contributed by atoms with van der Waals surface area (Å²) in [5, 5.41) is 8.72. The van der Waals surface area contributed by atoms with E-state index in [1.165, 1.54) is 11.3 Å². The minimum absolute atomic E-state index is 0.196. The van der Waals surface area contributed by atoms with E-state index in [4.69, 9.17) is 5.11 Å². The monoisotopic (exact) mass is 328 g/mol. The third kappa shape index (κ3) is 2.68. The molecule has 0 aliphatic heterocycles. The van der Waals surface area contributed by atoms with Crippen molar-refractivity contribution in [2.24, 2.45) is 0 Å². The Labute approximate surface area is 115 Å². The van der Waals surface area contributed by atoms with Crippen LogP contribution in [0.25, 0.3) is 10.7 Å². The van der Waals surface area contributed by atoms with Gasteiger partial charge in [0.2, 0.25) is 0 Å². The second-order valence-electron chi connectivity index (χ2n) is 3.65. The summed E-state index contributed by atoms with van der Waals surface area (Å²) in [5.74, 6) is -0.584. The highest BCUT2D eigenvalue weighted by molar-refractivity contribution is 9.11. The minimum Gasteiger partial charge on any atom is -0.481 e. The summed E-state index contributed by atoms with van der Waals surface area (Å²) in [4.78, 5) is 30.1. The maximum absolute atomic E-state index is 11.8. The van der Waals surface area contributed by atoms with Gasteiger partial charge in [-0.25, -0.2) is 4.98 Å². The molecule has 0 aromatic carbocycles. The number of aliphatic carboxylic acids is 1. The Kier molecular flexibility index (Phi) is 3.63. The Bertz CT molecular complexity index is 663. The van der Waals surface area contributed by atoms with E-state index in [1.807, 2.05) is 12.1 Å². The summed E-state index contributed by atoms with van der Waals surface area (Å²) in [6.07, 6.45) is -0.317. The SMILES string of the molecule is Cc1nc(-c2ccc(Br)s2)[nH]c(=O)c1CC(=O)O. The smallest absolute Gasteiger partial charge is 0.308 e. The average Bonchev–Trinajstić information content (AvgIpc) is 2.70. The molecule has 0 saturated heterocycles. The second kappa shape index (κ2) is 5.03. The third-order valence-corrected chi connectivity index (χ3v) is 3.99. The summed E-state index contributed by atoms with van der Waals surface area (Å²) < 4.78 is 0.937. The van der Waals surface area contributed by atoms with E-state index in [0.717, 1.165) is 8.66 Å². The number of H-pyrrole nitrogens is 1. The van der Waals surface area contributed by atoms with Gasteiger partial charge >= 0.3 is 5.97 Å². The molecule has 0 bridgehead atoms. The summed E-state index contributed by atoms with van der Waals surface area (Å²) in [6, 6.07) is 3.70. The van der Waals surface area contributed by atoms with E-state index in [0.29, 0.717) is 11.5 Å². The maximum atomic E-state index is 11.8. The average molecular weight is 329 g/mol. The van der Waals surface area contributed by atoms with Gasteiger partial charge in [-0.15, -0.1) is 11.3 Å². The number of aromatic amines is 1. The van der Waals surface area contributed by atoms with Crippen LogP contribution < -0.4 is 5.56 Å². The number of nitrogens with one attached hydrogen (secondary N) is 1. The number of carbonyl (C=O) groups is 1. The van der Waals surface area contributed by atoms with Gasteiger partial charge in [-0.3, -0.25) is 9.59 Å². The fourth-order valence-electron chi connectivity index (χ4n) is 1.53. The van der Waals surface area contributed by atoms with Crippen molar-refractivity contribution in [3.63, 3.8) is 0 Å². The van der Waals surface area contributed by atoms with Gasteiger partial charge in [0.15, 0.2) is 5.82 Å². The number of carboxylic acid groups (broad SMARTS) is 1. The molecular formula is C11H9BrN2O3S. The van der Waals surface area contributed by atoms with Gasteiger partial charge in [0.1, 0.15) is 0 Å². The normalized spacial score (nSPS) is 10.6. The minimum atomic E-state index is -1.04. The van der Waals surface area contributed by atoms with E-state index in [1.54, 1.807) is 6.92 Å². The highest BCUT2D eigenvalue weighted by Gasteiger charge is 2.13. The fraction of sp³-hybridized carbons (Fsp3) is 0.182. The van der Waals surface area contributed by atoms with Crippen LogP contribution in [0.5, 0.6) is 0 Å². The van der Waals surface area contributed by atoms with Crippen molar-refractivity contribution in [3.8, 4) is 10.7 Å². The van der Waals surface area contributed by atoms with Crippen molar-refractivity contribution in [3.05, 3.63) is 37.5 Å². The number of nitrogens with zero attached hydrogens (tertiary/aromatic N) is 1. The van der Waals surface area contributed by atoms with E-state index < -0.39 is 11.5 Å². The first-order valence-electron chi connectivity index (χ1n) is 5.04. The van der Waals surface area contributed by atoms with E-state index >= 15 is 0 Å². The van der Waals surface area contributed by atoms with E-state index in [2.05, 4.69) is 25.9 Å². The van der Waals surface area contributed by atoms with Crippen molar-refractivity contribution in [2.45, 2.75) is 13.3 Å². The summed E-state index contributed by atoms with van der Waals surface area (Å²) in [6.45, 7) is 1.64. The van der Waals surface area contributed by atoms with Crippen LogP contribution in [-0.4, -0.2) is 21.0 Å². The molecule has 0 fully saturated rings. The maximum Gasteiger partial charge on any atom is 0.308 e. The van der Waals surface area contributed by atoms with Crippen LogP contribution in [0, 0.1) is 6.92 Å². The summed E-state index contributed by atoms with van der Waals surface area (Å²) >= 11 is 4.78. The van der Waals surface area contributed by atoms with Gasteiger partial charge in [0.05, 0.1) is 15.1 Å². The third-order valence-electron chi connectivity index (χ3n) is 2.36. The van der Waals surface area contributed by atoms with Crippen LogP contribution in [0.3, 0.4) is 0 Å². The number of carboxylic acids is 1. The van der Waals surface area contributed by atoms with Crippen LogP contribution in [-0.2, 0) is 11.2 Å². The molecule has 18 heavy (non-hydrogen) atoms. The largest absolute Gasteiger partial charge is 0.481 e. The van der Waals surface area contributed by atoms with Crippen LogP contribution in [0.2, 0.25) is 0 Å². The lowest BCUT2D eigenvalue weighted by atomic mass is 10.2. The van der Waals surface area contributed by atoms with Gasteiger partial charge in [0.25, 0.3) is 5.56 Å². The molecule has 0 spiro atoms. The molecule has 5 nitrogen and oxygen atoms in total. The zero-order chi connectivity index (χ0) is 13.3. The Balaban J connectivity index is 2.48. The van der Waals surface area contributed by atoms with Crippen LogP contribution >= 0.6 is 27.3 Å². The fourth-order valence-corrected chi connectivity index (χ4v) is 2.86. The van der Waals surface area contributed by atoms with Gasteiger partial charge in [-0.2, -0.15) is 0 Å². The van der Waals surface area contributed by atoms with Gasteiger partial charge in [0, 0.05) is 11.3 Å².